The van der Waals surface area contributed by atoms with Crippen molar-refractivity contribution in [1.29, 1.82) is 0 Å². The van der Waals surface area contributed by atoms with Crippen molar-refractivity contribution in [1.82, 2.24) is 14.3 Å². The zero-order valence-electron chi connectivity index (χ0n) is 16.9. The lowest BCUT2D eigenvalue weighted by Gasteiger charge is -2.43. The summed E-state index contributed by atoms with van der Waals surface area (Å²) in [5, 5.41) is 0.899. The van der Waals surface area contributed by atoms with Crippen LogP contribution in [0.25, 0.3) is 27.9 Å². The first-order chi connectivity index (χ1) is 14.0. The van der Waals surface area contributed by atoms with Gasteiger partial charge in [0.05, 0.1) is 11.3 Å². The summed E-state index contributed by atoms with van der Waals surface area (Å²) in [6.07, 6.45) is 3.77. The maximum Gasteiger partial charge on any atom is 0.345 e. The van der Waals surface area contributed by atoms with Gasteiger partial charge in [0, 0.05) is 54.7 Å². The van der Waals surface area contributed by atoms with Gasteiger partial charge >= 0.3 is 5.63 Å². The summed E-state index contributed by atoms with van der Waals surface area (Å²) in [5.74, 6) is 0. The zero-order valence-corrected chi connectivity index (χ0v) is 16.9. The number of pyridine rings is 1. The van der Waals surface area contributed by atoms with Crippen LogP contribution in [0.2, 0.25) is 0 Å². The number of piperazine rings is 1. The van der Waals surface area contributed by atoms with E-state index in [4.69, 9.17) is 4.42 Å². The van der Waals surface area contributed by atoms with Crippen molar-refractivity contribution in [2.45, 2.75) is 25.9 Å². The van der Waals surface area contributed by atoms with E-state index < -0.39 is 0 Å². The van der Waals surface area contributed by atoms with Gasteiger partial charge in [0.25, 0.3) is 0 Å². The van der Waals surface area contributed by atoms with E-state index in [1.165, 1.54) is 0 Å². The Morgan fingerprint density at radius 3 is 2.62 bits per heavy atom. The average Bonchev–Trinajstić information content (AvgIpc) is 3.14. The van der Waals surface area contributed by atoms with Gasteiger partial charge in [-0.3, -0.25) is 4.90 Å². The van der Waals surface area contributed by atoms with E-state index in [1.807, 2.05) is 53.2 Å². The maximum atomic E-state index is 12.7. The molecule has 1 aliphatic heterocycles. The monoisotopic (exact) mass is 388 g/mol. The molecule has 1 aromatic carbocycles. The molecule has 1 aliphatic rings. The fraction of sp³-hybridized carbons (Fsp3) is 0.304. The highest BCUT2D eigenvalue weighted by atomic mass is 16.4. The predicted octanol–water partition coefficient (Wildman–Crippen LogP) is 3.64. The Morgan fingerprint density at radius 1 is 1.07 bits per heavy atom. The van der Waals surface area contributed by atoms with Crippen LogP contribution in [0.1, 0.15) is 13.8 Å². The number of fused-ring (bicyclic) bond motifs is 2. The van der Waals surface area contributed by atoms with Crippen molar-refractivity contribution in [3.63, 3.8) is 0 Å². The molecule has 2 atom stereocenters. The molecule has 4 heterocycles. The predicted molar refractivity (Wildman–Crippen MR) is 116 cm³/mol. The van der Waals surface area contributed by atoms with E-state index in [0.29, 0.717) is 28.9 Å². The fourth-order valence-electron chi connectivity index (χ4n) is 4.15. The minimum Gasteiger partial charge on any atom is -0.422 e. The van der Waals surface area contributed by atoms with Crippen molar-refractivity contribution in [3.05, 3.63) is 65.3 Å². The highest BCUT2D eigenvalue weighted by molar-refractivity contribution is 5.84. The Morgan fingerprint density at radius 2 is 1.86 bits per heavy atom. The Kier molecular flexibility index (Phi) is 4.17. The number of anilines is 1. The van der Waals surface area contributed by atoms with Gasteiger partial charge in [-0.05, 0) is 51.2 Å². The fourth-order valence-corrected chi connectivity index (χ4v) is 4.15. The summed E-state index contributed by atoms with van der Waals surface area (Å²) in [6, 6.07) is 14.7. The molecular formula is C23H24N4O2. The van der Waals surface area contributed by atoms with Crippen LogP contribution in [-0.4, -0.2) is 46.5 Å². The molecule has 148 valence electrons. The summed E-state index contributed by atoms with van der Waals surface area (Å²) in [4.78, 5) is 22.0. The number of rotatable bonds is 2. The van der Waals surface area contributed by atoms with Crippen molar-refractivity contribution in [3.8, 4) is 11.3 Å². The zero-order chi connectivity index (χ0) is 20.1. The van der Waals surface area contributed by atoms with Gasteiger partial charge in [0.2, 0.25) is 0 Å². The summed E-state index contributed by atoms with van der Waals surface area (Å²) in [5.41, 5.74) is 3.24. The van der Waals surface area contributed by atoms with Crippen molar-refractivity contribution in [2.24, 2.45) is 0 Å². The molecule has 0 N–H and O–H groups in total. The molecule has 6 heteroatoms. The molecule has 29 heavy (non-hydrogen) atoms. The first kappa shape index (κ1) is 17.9. The number of hydrogen-bond acceptors (Lipinski definition) is 5. The van der Waals surface area contributed by atoms with Crippen LogP contribution in [0.3, 0.4) is 0 Å². The van der Waals surface area contributed by atoms with Crippen LogP contribution < -0.4 is 10.5 Å². The SMILES string of the molecule is CC1CN(c2ccc3cc(-c4cn5ccccc5n4)c(=O)oc3c2)CC(C)N1C. The third-order valence-corrected chi connectivity index (χ3v) is 6.08. The summed E-state index contributed by atoms with van der Waals surface area (Å²) < 4.78 is 7.61. The van der Waals surface area contributed by atoms with Gasteiger partial charge in [-0.15, -0.1) is 0 Å². The van der Waals surface area contributed by atoms with Crippen molar-refractivity contribution >= 4 is 22.3 Å². The normalized spacial score (nSPS) is 20.6. The van der Waals surface area contributed by atoms with Gasteiger partial charge in [-0.1, -0.05) is 6.07 Å². The Labute approximate surface area is 169 Å². The highest BCUT2D eigenvalue weighted by Gasteiger charge is 2.26. The van der Waals surface area contributed by atoms with Gasteiger partial charge in [0.15, 0.2) is 0 Å². The van der Waals surface area contributed by atoms with E-state index in [-0.39, 0.29) is 5.63 Å². The number of aromatic nitrogens is 2. The van der Waals surface area contributed by atoms with Crippen LogP contribution in [0, 0.1) is 0 Å². The lowest BCUT2D eigenvalue weighted by molar-refractivity contribution is 0.170. The molecule has 0 amide bonds. The van der Waals surface area contributed by atoms with Crippen LogP contribution in [0.4, 0.5) is 5.69 Å². The minimum absolute atomic E-state index is 0.363. The smallest absolute Gasteiger partial charge is 0.345 e. The standard InChI is InChI=1S/C23H24N4O2/c1-15-12-27(13-16(2)25(15)3)18-8-7-17-10-19(23(28)29-21(17)11-18)20-14-26-9-5-4-6-22(26)24-20/h4-11,14-16H,12-13H2,1-3H3. The lowest BCUT2D eigenvalue weighted by Crippen LogP contribution is -2.55. The van der Waals surface area contributed by atoms with Crippen LogP contribution in [0.5, 0.6) is 0 Å². The molecule has 0 aliphatic carbocycles. The molecule has 0 saturated carbocycles. The van der Waals surface area contributed by atoms with Crippen LogP contribution >= 0.6 is 0 Å². The maximum absolute atomic E-state index is 12.7. The van der Waals surface area contributed by atoms with Crippen LogP contribution in [0.15, 0.2) is 64.1 Å². The lowest BCUT2D eigenvalue weighted by atomic mass is 10.1. The van der Waals surface area contributed by atoms with E-state index in [9.17, 15) is 4.79 Å². The molecule has 0 spiro atoms. The first-order valence-electron chi connectivity index (χ1n) is 9.98. The van der Waals surface area contributed by atoms with Crippen molar-refractivity contribution < 1.29 is 4.42 Å². The Balaban J connectivity index is 1.53. The highest BCUT2D eigenvalue weighted by Crippen LogP contribution is 2.27. The molecule has 5 rings (SSSR count). The minimum atomic E-state index is -0.363. The Hall–Kier alpha value is -3.12. The van der Waals surface area contributed by atoms with E-state index >= 15 is 0 Å². The summed E-state index contributed by atoms with van der Waals surface area (Å²) in [7, 11) is 2.17. The molecule has 6 nitrogen and oxygen atoms in total. The second-order valence-corrected chi connectivity index (χ2v) is 8.03. The molecule has 1 fully saturated rings. The number of imidazole rings is 1. The molecule has 1 saturated heterocycles. The average molecular weight is 388 g/mol. The molecule has 2 unspecified atom stereocenters. The van der Waals surface area contributed by atoms with Crippen LogP contribution in [-0.2, 0) is 0 Å². The largest absolute Gasteiger partial charge is 0.422 e. The Bertz CT molecular complexity index is 1210. The summed E-state index contributed by atoms with van der Waals surface area (Å²) in [6.45, 7) is 6.39. The second-order valence-electron chi connectivity index (χ2n) is 8.03. The van der Waals surface area contributed by atoms with E-state index in [1.54, 1.807) is 0 Å². The number of benzene rings is 1. The summed E-state index contributed by atoms with van der Waals surface area (Å²) >= 11 is 0. The van der Waals surface area contributed by atoms with Crippen molar-refractivity contribution in [2.75, 3.05) is 25.0 Å². The first-order valence-corrected chi connectivity index (χ1v) is 9.98. The number of hydrogen-bond donors (Lipinski definition) is 0. The van der Waals surface area contributed by atoms with Gasteiger partial charge in [-0.2, -0.15) is 0 Å². The van der Waals surface area contributed by atoms with Gasteiger partial charge in [-0.25, -0.2) is 9.78 Å². The molecule has 0 bridgehead atoms. The third kappa shape index (κ3) is 3.09. The topological polar surface area (TPSA) is 54.0 Å². The third-order valence-electron chi connectivity index (χ3n) is 6.08. The van der Waals surface area contributed by atoms with E-state index in [2.05, 4.69) is 41.7 Å². The molecule has 3 aromatic heterocycles. The van der Waals surface area contributed by atoms with Gasteiger partial charge < -0.3 is 13.7 Å². The molecule has 4 aromatic rings. The quantitative estimate of drug-likeness (QED) is 0.491. The van der Waals surface area contributed by atoms with Gasteiger partial charge in [0.1, 0.15) is 11.2 Å². The second kappa shape index (κ2) is 6.74. The number of likely N-dealkylation sites (N-methyl/N-ethyl adjacent to an activating group) is 1. The molecule has 0 radical (unpaired) electrons. The molecular weight excluding hydrogens is 364 g/mol. The number of nitrogens with zero attached hydrogens (tertiary/aromatic N) is 4. The van der Waals surface area contributed by atoms with E-state index in [0.717, 1.165) is 29.8 Å².